The Morgan fingerprint density at radius 1 is 1.09 bits per heavy atom. The minimum Gasteiger partial charge on any atom is -0.435 e. The van der Waals surface area contributed by atoms with Gasteiger partial charge in [0.15, 0.2) is 0 Å². The van der Waals surface area contributed by atoms with Gasteiger partial charge < -0.3 is 4.74 Å². The van der Waals surface area contributed by atoms with Gasteiger partial charge in [0.2, 0.25) is 0 Å². The van der Waals surface area contributed by atoms with Gasteiger partial charge >= 0.3 is 6.61 Å². The van der Waals surface area contributed by atoms with Crippen LogP contribution < -0.4 is 10.3 Å². The summed E-state index contributed by atoms with van der Waals surface area (Å²) >= 11 is 0. The zero-order valence-corrected chi connectivity index (χ0v) is 11.7. The molecule has 0 bridgehead atoms. The fourth-order valence-electron chi connectivity index (χ4n) is 2.32. The van der Waals surface area contributed by atoms with Crippen molar-refractivity contribution in [2.24, 2.45) is 0 Å². The van der Waals surface area contributed by atoms with Crippen LogP contribution in [0.1, 0.15) is 5.82 Å². The van der Waals surface area contributed by atoms with Crippen LogP contribution in [0.2, 0.25) is 0 Å². The Hall–Kier alpha value is -2.76. The third-order valence-corrected chi connectivity index (χ3v) is 3.26. The van der Waals surface area contributed by atoms with Crippen LogP contribution in [-0.4, -0.2) is 16.2 Å². The van der Waals surface area contributed by atoms with Crippen molar-refractivity contribution in [3.05, 3.63) is 64.7 Å². The van der Waals surface area contributed by atoms with Crippen molar-refractivity contribution in [1.29, 1.82) is 0 Å². The Labute approximate surface area is 124 Å². The second-order valence-electron chi connectivity index (χ2n) is 4.69. The number of hydrogen-bond donors (Lipinski definition) is 0. The van der Waals surface area contributed by atoms with Crippen molar-refractivity contribution in [2.45, 2.75) is 13.5 Å². The Kier molecular flexibility index (Phi) is 3.58. The highest BCUT2D eigenvalue weighted by atomic mass is 19.3. The molecule has 0 fully saturated rings. The van der Waals surface area contributed by atoms with E-state index in [0.717, 1.165) is 0 Å². The Bertz CT molecular complexity index is 873. The van der Waals surface area contributed by atoms with Gasteiger partial charge in [-0.2, -0.15) is 8.78 Å². The molecular weight excluding hydrogens is 290 g/mol. The zero-order valence-electron chi connectivity index (χ0n) is 11.7. The highest BCUT2D eigenvalue weighted by Crippen LogP contribution is 2.18. The number of fused-ring (bicyclic) bond motifs is 1. The summed E-state index contributed by atoms with van der Waals surface area (Å²) in [5, 5.41) is 0.501. The second-order valence-corrected chi connectivity index (χ2v) is 4.69. The van der Waals surface area contributed by atoms with E-state index in [0.29, 0.717) is 22.4 Å². The van der Waals surface area contributed by atoms with E-state index in [-0.39, 0.29) is 11.3 Å². The van der Waals surface area contributed by atoms with E-state index in [2.05, 4.69) is 9.72 Å². The fourth-order valence-corrected chi connectivity index (χ4v) is 2.32. The molecule has 0 aliphatic rings. The molecule has 3 rings (SSSR count). The largest absolute Gasteiger partial charge is 0.435 e. The average molecular weight is 302 g/mol. The Morgan fingerprint density at radius 2 is 1.77 bits per heavy atom. The number of hydrogen-bond acceptors (Lipinski definition) is 3. The summed E-state index contributed by atoms with van der Waals surface area (Å²) in [5.41, 5.74) is 0.965. The molecule has 0 unspecified atom stereocenters. The lowest BCUT2D eigenvalue weighted by molar-refractivity contribution is -0.0498. The first-order chi connectivity index (χ1) is 10.6. The van der Waals surface area contributed by atoms with E-state index < -0.39 is 6.61 Å². The first-order valence-corrected chi connectivity index (χ1v) is 6.60. The molecule has 6 heteroatoms. The van der Waals surface area contributed by atoms with Gasteiger partial charge in [-0.05, 0) is 43.3 Å². The van der Waals surface area contributed by atoms with Crippen molar-refractivity contribution in [3.8, 4) is 11.4 Å². The third kappa shape index (κ3) is 2.55. The van der Waals surface area contributed by atoms with E-state index in [4.69, 9.17) is 0 Å². The normalized spacial score (nSPS) is 11.1. The summed E-state index contributed by atoms with van der Waals surface area (Å²) in [6, 6.07) is 12.9. The highest BCUT2D eigenvalue weighted by Gasteiger charge is 2.10. The van der Waals surface area contributed by atoms with E-state index in [9.17, 15) is 13.6 Å². The van der Waals surface area contributed by atoms with Gasteiger partial charge in [-0.1, -0.05) is 12.1 Å². The van der Waals surface area contributed by atoms with Gasteiger partial charge in [0.05, 0.1) is 16.6 Å². The SMILES string of the molecule is Cc1nc2ccccc2c(=O)n1-c1ccc(OC(F)F)cc1. The predicted octanol–water partition coefficient (Wildman–Crippen LogP) is 3.30. The minimum atomic E-state index is -2.88. The number of alkyl halides is 2. The number of benzene rings is 2. The number of rotatable bonds is 3. The van der Waals surface area contributed by atoms with Crippen molar-refractivity contribution >= 4 is 10.9 Å². The molecule has 112 valence electrons. The highest BCUT2D eigenvalue weighted by molar-refractivity contribution is 5.77. The van der Waals surface area contributed by atoms with Gasteiger partial charge in [-0.25, -0.2) is 4.98 Å². The molecule has 0 radical (unpaired) electrons. The molecule has 0 N–H and O–H groups in total. The van der Waals surface area contributed by atoms with Crippen LogP contribution in [0.15, 0.2) is 53.3 Å². The predicted molar refractivity (Wildman–Crippen MR) is 78.7 cm³/mol. The summed E-state index contributed by atoms with van der Waals surface area (Å²) in [4.78, 5) is 17.0. The maximum absolute atomic E-state index is 12.6. The minimum absolute atomic E-state index is 0.0400. The number of aromatic nitrogens is 2. The molecule has 1 heterocycles. The van der Waals surface area contributed by atoms with Gasteiger partial charge in [-0.3, -0.25) is 9.36 Å². The summed E-state index contributed by atoms with van der Waals surface area (Å²) < 4.78 is 30.1. The standard InChI is InChI=1S/C16H12F2N2O2/c1-10-19-14-5-3-2-4-13(14)15(21)20(10)11-6-8-12(9-7-11)22-16(17)18/h2-9,16H,1H3. The van der Waals surface area contributed by atoms with E-state index in [1.54, 1.807) is 37.3 Å². The van der Waals surface area contributed by atoms with Crippen LogP contribution in [0.25, 0.3) is 16.6 Å². The summed E-state index contributed by atoms with van der Waals surface area (Å²) in [5.74, 6) is 0.560. The molecule has 2 aromatic carbocycles. The molecule has 0 amide bonds. The van der Waals surface area contributed by atoms with Crippen molar-refractivity contribution < 1.29 is 13.5 Å². The molecule has 0 saturated carbocycles. The van der Waals surface area contributed by atoms with Gasteiger partial charge in [0, 0.05) is 0 Å². The van der Waals surface area contributed by atoms with Crippen LogP contribution in [0.4, 0.5) is 8.78 Å². The third-order valence-electron chi connectivity index (χ3n) is 3.26. The summed E-state index contributed by atoms with van der Waals surface area (Å²) in [6.07, 6.45) is 0. The molecule has 4 nitrogen and oxygen atoms in total. The summed E-state index contributed by atoms with van der Waals surface area (Å²) in [6.45, 7) is -1.16. The van der Waals surface area contributed by atoms with Crippen LogP contribution in [0.5, 0.6) is 5.75 Å². The lowest BCUT2D eigenvalue weighted by atomic mass is 10.2. The molecule has 0 atom stereocenters. The number of ether oxygens (including phenoxy) is 1. The summed E-state index contributed by atoms with van der Waals surface area (Å²) in [7, 11) is 0. The van der Waals surface area contributed by atoms with Crippen LogP contribution in [0, 0.1) is 6.92 Å². The lowest BCUT2D eigenvalue weighted by Gasteiger charge is -2.11. The second kappa shape index (κ2) is 5.55. The fraction of sp³-hybridized carbons (Fsp3) is 0.125. The maximum atomic E-state index is 12.6. The molecule has 1 aromatic heterocycles. The molecule has 22 heavy (non-hydrogen) atoms. The van der Waals surface area contributed by atoms with Gasteiger partial charge in [-0.15, -0.1) is 0 Å². The zero-order chi connectivity index (χ0) is 15.7. The first kappa shape index (κ1) is 14.2. The van der Waals surface area contributed by atoms with E-state index in [1.165, 1.54) is 16.7 Å². The van der Waals surface area contributed by atoms with Crippen LogP contribution >= 0.6 is 0 Å². The van der Waals surface area contributed by atoms with Crippen LogP contribution in [-0.2, 0) is 0 Å². The number of halogens is 2. The molecular formula is C16H12F2N2O2. The number of aryl methyl sites for hydroxylation is 1. The van der Waals surface area contributed by atoms with E-state index in [1.807, 2.05) is 6.07 Å². The molecule has 3 aromatic rings. The van der Waals surface area contributed by atoms with Crippen molar-refractivity contribution in [2.75, 3.05) is 0 Å². The number of nitrogens with zero attached hydrogens (tertiary/aromatic N) is 2. The topological polar surface area (TPSA) is 44.1 Å². The Balaban J connectivity index is 2.12. The van der Waals surface area contributed by atoms with Gasteiger partial charge in [0.1, 0.15) is 11.6 Å². The van der Waals surface area contributed by atoms with E-state index >= 15 is 0 Å². The molecule has 0 saturated heterocycles. The van der Waals surface area contributed by atoms with Crippen molar-refractivity contribution in [1.82, 2.24) is 9.55 Å². The molecule has 0 aliphatic carbocycles. The van der Waals surface area contributed by atoms with Crippen LogP contribution in [0.3, 0.4) is 0 Å². The van der Waals surface area contributed by atoms with Gasteiger partial charge in [0.25, 0.3) is 5.56 Å². The quantitative estimate of drug-likeness (QED) is 0.745. The average Bonchev–Trinajstić information content (AvgIpc) is 2.48. The molecule has 0 aliphatic heterocycles. The Morgan fingerprint density at radius 3 is 2.45 bits per heavy atom. The lowest BCUT2D eigenvalue weighted by Crippen LogP contribution is -2.22. The smallest absolute Gasteiger partial charge is 0.387 e. The molecule has 0 spiro atoms. The first-order valence-electron chi connectivity index (χ1n) is 6.60. The number of para-hydroxylation sites is 1. The monoisotopic (exact) mass is 302 g/mol. The van der Waals surface area contributed by atoms with Crippen molar-refractivity contribution in [3.63, 3.8) is 0 Å². The maximum Gasteiger partial charge on any atom is 0.387 e.